The van der Waals surface area contributed by atoms with Crippen LogP contribution < -0.4 is 5.19 Å². The quantitative estimate of drug-likeness (QED) is 0.128. The van der Waals surface area contributed by atoms with E-state index in [4.69, 9.17) is 9.40 Å². The first kappa shape index (κ1) is 37.0. The van der Waals surface area contributed by atoms with E-state index in [1.54, 1.807) is 0 Å². The molecule has 4 nitrogen and oxygen atoms in total. The van der Waals surface area contributed by atoms with Gasteiger partial charge in [-0.3, -0.25) is 4.98 Å². The largest absolute Gasteiger partial charge is 0.501 e. The van der Waals surface area contributed by atoms with Crippen LogP contribution in [0, 0.1) is 19.1 Å². The molecule has 0 aliphatic heterocycles. The van der Waals surface area contributed by atoms with Gasteiger partial charge in [0.15, 0.2) is 0 Å². The van der Waals surface area contributed by atoms with Crippen molar-refractivity contribution in [3.63, 3.8) is 0 Å². The summed E-state index contributed by atoms with van der Waals surface area (Å²) in [6.45, 7) is 9.24. The van der Waals surface area contributed by atoms with Crippen LogP contribution in [0.15, 0.2) is 168 Å². The van der Waals surface area contributed by atoms with Gasteiger partial charge in [0.25, 0.3) is 0 Å². The molecule has 0 fully saturated rings. The van der Waals surface area contributed by atoms with Crippen LogP contribution in [-0.4, -0.2) is 22.6 Å². The summed E-state index contributed by atoms with van der Waals surface area (Å²) in [5.41, 5.74) is 11.4. The number of rotatable bonds is 5. The van der Waals surface area contributed by atoms with E-state index >= 15 is 0 Å². The fourth-order valence-corrected chi connectivity index (χ4v) is 9.30. The van der Waals surface area contributed by atoms with E-state index in [-0.39, 0.29) is 20.1 Å². The Kier molecular flexibility index (Phi) is 10.1. The number of nitrogens with zero attached hydrogens (tertiary/aromatic N) is 3. The first-order valence-electron chi connectivity index (χ1n) is 18.7. The van der Waals surface area contributed by atoms with Crippen molar-refractivity contribution in [2.45, 2.75) is 26.6 Å². The van der Waals surface area contributed by atoms with Crippen LogP contribution in [0.25, 0.3) is 83.2 Å². The molecule has 0 saturated heterocycles. The summed E-state index contributed by atoms with van der Waals surface area (Å²) in [7, 11) is -1.27. The Balaban J connectivity index is 0.000000207. The van der Waals surface area contributed by atoms with Crippen molar-refractivity contribution in [1.82, 2.24) is 14.5 Å². The molecule has 0 amide bonds. The molecule has 10 rings (SSSR count). The van der Waals surface area contributed by atoms with Gasteiger partial charge >= 0.3 is 0 Å². The van der Waals surface area contributed by atoms with Crippen LogP contribution in [0.3, 0.4) is 0 Å². The Bertz CT molecular complexity index is 2980. The average molecular weight is 918 g/mol. The molecule has 0 saturated carbocycles. The molecule has 0 spiro atoms. The third-order valence-corrected chi connectivity index (χ3v) is 12.4. The van der Waals surface area contributed by atoms with E-state index in [0.717, 1.165) is 66.7 Å². The molecule has 0 bridgehead atoms. The molecule has 3 heterocycles. The zero-order chi connectivity index (χ0) is 37.5. The molecule has 3 aromatic heterocycles. The summed E-state index contributed by atoms with van der Waals surface area (Å²) >= 11 is 0. The maximum absolute atomic E-state index is 6.40. The summed E-state index contributed by atoms with van der Waals surface area (Å²) in [5.74, 6) is 0.813. The minimum Gasteiger partial charge on any atom is -0.501 e. The van der Waals surface area contributed by atoms with Crippen LogP contribution in [0.1, 0.15) is 5.56 Å². The van der Waals surface area contributed by atoms with E-state index in [0.29, 0.717) is 0 Å². The number of fused-ring (bicyclic) bond motifs is 5. The van der Waals surface area contributed by atoms with Crippen molar-refractivity contribution in [2.24, 2.45) is 0 Å². The van der Waals surface area contributed by atoms with Gasteiger partial charge < -0.3 is 14.0 Å². The second kappa shape index (κ2) is 15.3. The number of aromatic nitrogens is 3. The van der Waals surface area contributed by atoms with Gasteiger partial charge in [0.05, 0.1) is 30.5 Å². The smallest absolute Gasteiger partial charge is 0.120 e. The SMILES string of the molecule is Cc1cc(-c2[c-]cccc2)ncc1[Si](C)(C)C.[Ir].[c-]1ccc2c(oc3ccccc32)c1-c1nc2ccccc2n1-c1cccc2ccc(-c3ccccc3)cc12. The number of aryl methyl sites for hydroxylation is 1. The average Bonchev–Trinajstić information content (AvgIpc) is 3.80. The minimum atomic E-state index is -1.27. The van der Waals surface area contributed by atoms with Crippen molar-refractivity contribution in [3.8, 4) is 39.5 Å². The van der Waals surface area contributed by atoms with Gasteiger partial charge in [0.2, 0.25) is 0 Å². The predicted octanol–water partition coefficient (Wildman–Crippen LogP) is 12.6. The van der Waals surface area contributed by atoms with Crippen molar-refractivity contribution < 1.29 is 24.5 Å². The zero-order valence-electron chi connectivity index (χ0n) is 31.7. The Hall–Kier alpha value is -5.91. The van der Waals surface area contributed by atoms with Crippen LogP contribution >= 0.6 is 0 Å². The number of hydrogen-bond acceptors (Lipinski definition) is 3. The van der Waals surface area contributed by atoms with Gasteiger partial charge in [-0.25, -0.2) is 0 Å². The summed E-state index contributed by atoms with van der Waals surface area (Å²) in [4.78, 5) is 9.72. The van der Waals surface area contributed by atoms with Crippen LogP contribution in [-0.2, 0) is 20.1 Å². The number of benzene rings is 7. The molecular formula is C50H39IrN3OSi-2. The van der Waals surface area contributed by atoms with E-state index < -0.39 is 8.07 Å². The second-order valence-corrected chi connectivity index (χ2v) is 20.0. The first-order chi connectivity index (χ1) is 26.8. The van der Waals surface area contributed by atoms with Gasteiger partial charge in [-0.15, -0.1) is 54.1 Å². The molecule has 10 aromatic rings. The molecule has 0 aliphatic rings. The molecular weight excluding hydrogens is 879 g/mol. The number of imidazole rings is 1. The second-order valence-electron chi connectivity index (χ2n) is 14.9. The Labute approximate surface area is 341 Å². The fraction of sp³-hybridized carbons (Fsp3) is 0.0800. The third-order valence-electron chi connectivity index (χ3n) is 10.2. The van der Waals surface area contributed by atoms with Crippen molar-refractivity contribution in [2.75, 3.05) is 0 Å². The maximum atomic E-state index is 6.40. The topological polar surface area (TPSA) is 43.9 Å². The summed E-state index contributed by atoms with van der Waals surface area (Å²) in [6, 6.07) is 61.0. The molecule has 56 heavy (non-hydrogen) atoms. The molecule has 0 aliphatic carbocycles. The standard InChI is InChI=1S/C35H21N2O.C15H18NSi.Ir/c1-2-10-23(11-3-1)25-21-20-24-12-8-18-31(29(24)22-25)37-32-17-6-5-16-30(32)36-35(37)28-15-9-14-27-26-13-4-7-19-33(26)38-34(27)28;1-12-10-14(13-8-6-5-7-9-13)16-11-15(12)17(2,3)4;/h1-14,16-22H;5-8,10-11H,1-4H3;/q2*-1;. The normalized spacial score (nSPS) is 11.4. The number of furan rings is 1. The van der Waals surface area contributed by atoms with E-state index in [9.17, 15) is 0 Å². The Morgan fingerprint density at radius 1 is 0.643 bits per heavy atom. The fourth-order valence-electron chi connectivity index (χ4n) is 7.60. The van der Waals surface area contributed by atoms with E-state index in [2.05, 4.69) is 164 Å². The summed E-state index contributed by atoms with van der Waals surface area (Å²) in [5, 5.41) is 5.94. The molecule has 0 atom stereocenters. The van der Waals surface area contributed by atoms with Gasteiger partial charge in [0.1, 0.15) is 5.58 Å². The monoisotopic (exact) mass is 918 g/mol. The Morgan fingerprint density at radius 3 is 2.23 bits per heavy atom. The van der Waals surface area contributed by atoms with E-state index in [1.807, 2.05) is 48.5 Å². The maximum Gasteiger partial charge on any atom is 0.120 e. The van der Waals surface area contributed by atoms with Crippen molar-refractivity contribution in [3.05, 3.63) is 182 Å². The predicted molar refractivity (Wildman–Crippen MR) is 232 cm³/mol. The van der Waals surface area contributed by atoms with Gasteiger partial charge in [-0.05, 0) is 64.6 Å². The van der Waals surface area contributed by atoms with Gasteiger partial charge in [0, 0.05) is 42.8 Å². The third kappa shape index (κ3) is 6.92. The van der Waals surface area contributed by atoms with Crippen molar-refractivity contribution >= 4 is 57.0 Å². The molecule has 6 heteroatoms. The van der Waals surface area contributed by atoms with E-state index in [1.165, 1.54) is 27.3 Å². The number of hydrogen-bond donors (Lipinski definition) is 0. The molecule has 0 unspecified atom stereocenters. The van der Waals surface area contributed by atoms with Crippen LogP contribution in [0.2, 0.25) is 19.6 Å². The molecule has 275 valence electrons. The first-order valence-corrected chi connectivity index (χ1v) is 22.2. The van der Waals surface area contributed by atoms with Crippen molar-refractivity contribution in [1.29, 1.82) is 0 Å². The van der Waals surface area contributed by atoms with Gasteiger partial charge in [-0.1, -0.05) is 127 Å². The van der Waals surface area contributed by atoms with Crippen LogP contribution in [0.4, 0.5) is 0 Å². The van der Waals surface area contributed by atoms with Crippen LogP contribution in [0.5, 0.6) is 0 Å². The zero-order valence-corrected chi connectivity index (χ0v) is 35.1. The molecule has 0 N–H and O–H groups in total. The molecule has 7 aromatic carbocycles. The number of pyridine rings is 1. The molecule has 1 radical (unpaired) electrons. The summed E-state index contributed by atoms with van der Waals surface area (Å²) in [6.07, 6.45) is 2.05. The Morgan fingerprint density at radius 2 is 1.43 bits per heavy atom. The number of para-hydroxylation sites is 3. The van der Waals surface area contributed by atoms with Gasteiger partial charge in [-0.2, -0.15) is 0 Å². The minimum absolute atomic E-state index is 0. The summed E-state index contributed by atoms with van der Waals surface area (Å²) < 4.78 is 8.66.